The van der Waals surface area contributed by atoms with E-state index in [1.165, 1.54) is 41.3 Å². The molecule has 1 aliphatic carbocycles. The average molecular weight is 512 g/mol. The molecule has 8 heteroatoms. The van der Waals surface area contributed by atoms with Crippen molar-refractivity contribution < 1.29 is 33.4 Å². The van der Waals surface area contributed by atoms with Gasteiger partial charge in [0.05, 0.1) is 28.7 Å². The molecule has 2 atom stereocenters. The zero-order valence-electron chi connectivity index (χ0n) is 20.5. The van der Waals surface area contributed by atoms with Gasteiger partial charge in [-0.2, -0.15) is 0 Å². The van der Waals surface area contributed by atoms with Crippen LogP contribution in [0.4, 0.5) is 5.69 Å². The molecule has 1 heterocycles. The van der Waals surface area contributed by atoms with E-state index in [0.717, 1.165) is 12.8 Å². The maximum absolute atomic E-state index is 12.9. The summed E-state index contributed by atoms with van der Waals surface area (Å²) in [4.78, 5) is 64.3. The van der Waals surface area contributed by atoms with Crippen molar-refractivity contribution in [2.45, 2.75) is 25.7 Å². The minimum atomic E-state index is -0.745. The van der Waals surface area contributed by atoms with Crippen LogP contribution in [-0.2, 0) is 14.3 Å². The van der Waals surface area contributed by atoms with Crippen molar-refractivity contribution in [1.82, 2.24) is 0 Å². The van der Waals surface area contributed by atoms with Gasteiger partial charge in [-0.3, -0.25) is 19.3 Å². The monoisotopic (exact) mass is 511 g/mol. The van der Waals surface area contributed by atoms with Gasteiger partial charge in [-0.1, -0.05) is 37.1 Å². The number of rotatable bonds is 7. The Kier molecular flexibility index (Phi) is 7.13. The number of Topliss-reactive ketones (excluding diaryl/α,β-unsaturated/α-hetero) is 1. The van der Waals surface area contributed by atoms with Gasteiger partial charge in [-0.05, 0) is 67.4 Å². The quantitative estimate of drug-likeness (QED) is 0.197. The standard InChI is InChI=1S/C30H25NO7/c32-26(19-13-15-23(16-14-19)38-30(36)20-7-2-1-3-8-20)18-37-29(35)21-9-6-10-22(17-21)31-27(33)24-11-4-5-12-25(24)28(31)34/h1-3,6-10,13-17,24-25H,4-5,11-12,18H2. The number of hydrogen-bond acceptors (Lipinski definition) is 7. The normalized spacial score (nSPS) is 18.6. The highest BCUT2D eigenvalue weighted by Gasteiger charge is 2.48. The Labute approximate surface area is 219 Å². The Hall–Kier alpha value is -4.59. The lowest BCUT2D eigenvalue weighted by Gasteiger charge is -2.19. The number of imide groups is 1. The lowest BCUT2D eigenvalue weighted by atomic mass is 9.81. The Balaban J connectivity index is 1.19. The van der Waals surface area contributed by atoms with E-state index in [4.69, 9.17) is 9.47 Å². The van der Waals surface area contributed by atoms with Crippen LogP contribution in [0, 0.1) is 11.8 Å². The van der Waals surface area contributed by atoms with Crippen LogP contribution in [0.1, 0.15) is 56.8 Å². The summed E-state index contributed by atoms with van der Waals surface area (Å²) in [5.74, 6) is -2.46. The molecule has 2 fully saturated rings. The van der Waals surface area contributed by atoms with E-state index in [-0.39, 0.29) is 40.5 Å². The lowest BCUT2D eigenvalue weighted by molar-refractivity contribution is -0.122. The van der Waals surface area contributed by atoms with E-state index >= 15 is 0 Å². The SMILES string of the molecule is O=C(COC(=O)c1cccc(N2C(=O)C3CCCCC3C2=O)c1)c1ccc(OC(=O)c2ccccc2)cc1. The fraction of sp³-hybridized carbons (Fsp3) is 0.233. The Morgan fingerprint density at radius 1 is 0.711 bits per heavy atom. The number of carbonyl (C=O) groups excluding carboxylic acids is 5. The van der Waals surface area contributed by atoms with Gasteiger partial charge in [0.25, 0.3) is 0 Å². The van der Waals surface area contributed by atoms with Crippen LogP contribution in [-0.4, -0.2) is 36.1 Å². The minimum absolute atomic E-state index is 0.133. The molecule has 3 aromatic carbocycles. The number of fused-ring (bicyclic) bond motifs is 1. The second-order valence-corrected chi connectivity index (χ2v) is 9.34. The highest BCUT2D eigenvalue weighted by Crippen LogP contribution is 2.40. The summed E-state index contributed by atoms with van der Waals surface area (Å²) in [7, 11) is 0. The van der Waals surface area contributed by atoms with Gasteiger partial charge in [0.2, 0.25) is 11.8 Å². The molecule has 1 saturated heterocycles. The number of anilines is 1. The predicted octanol–water partition coefficient (Wildman–Crippen LogP) is 4.63. The Bertz CT molecular complexity index is 1370. The third-order valence-corrected chi connectivity index (χ3v) is 6.91. The molecule has 192 valence electrons. The first-order chi connectivity index (χ1) is 18.4. The Morgan fingerprint density at radius 2 is 1.34 bits per heavy atom. The van der Waals surface area contributed by atoms with Crippen LogP contribution in [0.25, 0.3) is 0 Å². The van der Waals surface area contributed by atoms with Crippen LogP contribution < -0.4 is 9.64 Å². The largest absolute Gasteiger partial charge is 0.454 e. The second-order valence-electron chi connectivity index (χ2n) is 9.34. The molecule has 1 aliphatic heterocycles. The first kappa shape index (κ1) is 25.1. The molecule has 3 aromatic rings. The summed E-state index contributed by atoms with van der Waals surface area (Å²) in [5, 5.41) is 0. The zero-order valence-corrected chi connectivity index (χ0v) is 20.5. The maximum Gasteiger partial charge on any atom is 0.343 e. The van der Waals surface area contributed by atoms with Crippen molar-refractivity contribution in [3.05, 3.63) is 95.6 Å². The molecular formula is C30H25NO7. The van der Waals surface area contributed by atoms with Crippen LogP contribution in [0.3, 0.4) is 0 Å². The van der Waals surface area contributed by atoms with Crippen molar-refractivity contribution in [3.63, 3.8) is 0 Å². The van der Waals surface area contributed by atoms with Crippen molar-refractivity contribution in [1.29, 1.82) is 0 Å². The molecule has 0 N–H and O–H groups in total. The number of ether oxygens (including phenoxy) is 2. The van der Waals surface area contributed by atoms with E-state index in [0.29, 0.717) is 24.1 Å². The van der Waals surface area contributed by atoms with Crippen LogP contribution in [0.15, 0.2) is 78.9 Å². The highest BCUT2D eigenvalue weighted by atomic mass is 16.5. The van der Waals surface area contributed by atoms with Gasteiger partial charge in [-0.25, -0.2) is 9.59 Å². The summed E-state index contributed by atoms with van der Waals surface area (Å²) in [6, 6.07) is 20.6. The third-order valence-electron chi connectivity index (χ3n) is 6.91. The number of nitrogens with zero attached hydrogens (tertiary/aromatic N) is 1. The summed E-state index contributed by atoms with van der Waals surface area (Å²) in [6.45, 7) is -0.502. The smallest absolute Gasteiger partial charge is 0.343 e. The fourth-order valence-corrected chi connectivity index (χ4v) is 4.94. The first-order valence-electron chi connectivity index (χ1n) is 12.5. The highest BCUT2D eigenvalue weighted by molar-refractivity contribution is 6.22. The van der Waals surface area contributed by atoms with E-state index in [1.807, 2.05) is 0 Å². The van der Waals surface area contributed by atoms with Crippen molar-refractivity contribution in [2.24, 2.45) is 11.8 Å². The first-order valence-corrected chi connectivity index (χ1v) is 12.5. The summed E-state index contributed by atoms with van der Waals surface area (Å²) in [5.41, 5.74) is 1.15. The van der Waals surface area contributed by atoms with Gasteiger partial charge in [0.15, 0.2) is 12.4 Å². The number of hydrogen-bond donors (Lipinski definition) is 0. The number of esters is 2. The van der Waals surface area contributed by atoms with Crippen molar-refractivity contribution in [2.75, 3.05) is 11.5 Å². The van der Waals surface area contributed by atoms with Gasteiger partial charge >= 0.3 is 11.9 Å². The summed E-state index contributed by atoms with van der Waals surface area (Å²) >= 11 is 0. The number of benzene rings is 3. The van der Waals surface area contributed by atoms with Crippen molar-refractivity contribution >= 4 is 35.2 Å². The lowest BCUT2D eigenvalue weighted by Crippen LogP contribution is -2.31. The molecule has 5 rings (SSSR count). The van der Waals surface area contributed by atoms with E-state index in [1.54, 1.807) is 42.5 Å². The van der Waals surface area contributed by atoms with E-state index in [2.05, 4.69) is 0 Å². The van der Waals surface area contributed by atoms with Crippen LogP contribution in [0.5, 0.6) is 5.75 Å². The van der Waals surface area contributed by atoms with Crippen LogP contribution in [0.2, 0.25) is 0 Å². The van der Waals surface area contributed by atoms with E-state index < -0.39 is 24.3 Å². The van der Waals surface area contributed by atoms with Crippen LogP contribution >= 0.6 is 0 Å². The zero-order chi connectivity index (χ0) is 26.6. The topological polar surface area (TPSA) is 107 Å². The molecule has 2 unspecified atom stereocenters. The molecule has 8 nitrogen and oxygen atoms in total. The third kappa shape index (κ3) is 5.11. The minimum Gasteiger partial charge on any atom is -0.454 e. The molecule has 2 aliphatic rings. The van der Waals surface area contributed by atoms with Crippen molar-refractivity contribution in [3.8, 4) is 5.75 Å². The average Bonchev–Trinajstić information content (AvgIpc) is 3.22. The number of amides is 2. The number of carbonyl (C=O) groups is 5. The van der Waals surface area contributed by atoms with Gasteiger partial charge in [0.1, 0.15) is 5.75 Å². The number of ketones is 1. The summed E-state index contributed by atoms with van der Waals surface area (Å²) < 4.78 is 10.5. The summed E-state index contributed by atoms with van der Waals surface area (Å²) in [6.07, 6.45) is 3.25. The molecule has 0 radical (unpaired) electrons. The molecule has 0 spiro atoms. The van der Waals surface area contributed by atoms with E-state index in [9.17, 15) is 24.0 Å². The maximum atomic E-state index is 12.9. The predicted molar refractivity (Wildman–Crippen MR) is 137 cm³/mol. The molecule has 38 heavy (non-hydrogen) atoms. The van der Waals surface area contributed by atoms with Gasteiger partial charge in [0, 0.05) is 5.56 Å². The molecule has 0 aromatic heterocycles. The van der Waals surface area contributed by atoms with Gasteiger partial charge < -0.3 is 9.47 Å². The second kappa shape index (κ2) is 10.8. The Morgan fingerprint density at radius 3 is 2.00 bits per heavy atom. The fourth-order valence-electron chi connectivity index (χ4n) is 4.94. The van der Waals surface area contributed by atoms with Gasteiger partial charge in [-0.15, -0.1) is 0 Å². The molecule has 1 saturated carbocycles. The molecular weight excluding hydrogens is 486 g/mol. The molecule has 0 bridgehead atoms. The molecule has 2 amide bonds.